The number of H-pyrrole nitrogens is 1. The van der Waals surface area contributed by atoms with Crippen LogP contribution in [0.5, 0.6) is 0 Å². The summed E-state index contributed by atoms with van der Waals surface area (Å²) in [5, 5.41) is 21.8. The van der Waals surface area contributed by atoms with Crippen LogP contribution in [-0.2, 0) is 12.0 Å². The molecule has 1 aromatic carbocycles. The third-order valence-corrected chi connectivity index (χ3v) is 8.26. The Morgan fingerprint density at radius 2 is 1.87 bits per heavy atom. The van der Waals surface area contributed by atoms with Gasteiger partial charge in [0, 0.05) is 54.6 Å². The van der Waals surface area contributed by atoms with Crippen LogP contribution in [0, 0.1) is 11.6 Å². The Morgan fingerprint density at radius 3 is 2.69 bits per heavy atom. The van der Waals surface area contributed by atoms with E-state index < -0.39 is 35.3 Å². The predicted octanol–water partition coefficient (Wildman–Crippen LogP) is 4.09. The van der Waals surface area contributed by atoms with Crippen molar-refractivity contribution in [3.63, 3.8) is 0 Å². The number of benzene rings is 1. The molecule has 11 heteroatoms. The second-order valence-electron chi connectivity index (χ2n) is 10.4. The number of rotatable bonds is 3. The molecule has 6 rings (SSSR count). The Bertz CT molecular complexity index is 1620. The van der Waals surface area contributed by atoms with Crippen molar-refractivity contribution >= 4 is 17.3 Å². The number of nitrogens with one attached hydrogen (secondary N) is 1. The molecule has 0 spiro atoms. The fourth-order valence-electron chi connectivity index (χ4n) is 6.49. The average molecular weight is 536 g/mol. The van der Waals surface area contributed by atoms with Gasteiger partial charge >= 0.3 is 11.8 Å². The zero-order valence-corrected chi connectivity index (χ0v) is 20.9. The lowest BCUT2D eigenvalue weighted by atomic mass is 9.81. The van der Waals surface area contributed by atoms with E-state index in [2.05, 4.69) is 15.0 Å². The van der Waals surface area contributed by atoms with Crippen molar-refractivity contribution in [3.05, 3.63) is 93.8 Å². The Hall–Kier alpha value is -4.12. The Kier molecular flexibility index (Phi) is 6.17. The van der Waals surface area contributed by atoms with Crippen molar-refractivity contribution < 1.29 is 23.8 Å². The molecule has 1 fully saturated rings. The van der Waals surface area contributed by atoms with Gasteiger partial charge in [-0.05, 0) is 55.5 Å². The number of carboxylic acid groups (broad SMARTS) is 1. The number of pyridine rings is 2. The maximum absolute atomic E-state index is 14.9. The predicted molar refractivity (Wildman–Crippen MR) is 137 cm³/mol. The number of halogens is 2. The first-order valence-corrected chi connectivity index (χ1v) is 12.9. The third-order valence-electron chi connectivity index (χ3n) is 8.26. The van der Waals surface area contributed by atoms with Crippen LogP contribution in [0.2, 0.25) is 0 Å². The Labute approximate surface area is 221 Å². The standard InChI is InChI=1S/C28H27F2N5O4/c29-20-6-1-5-19(23(20)30)28(39)10-8-18(24-16(15-28)4-2-11-31-24)22-14-17(9-13-34(22)27(37)38)35-21-7-3-12-32-25(21)33-26(35)36/h1-7,11-12,17-18,22,39H,8-10,13-15H2,(H,37,38)(H,32,33,36)/t17?,18-,22?,28+/m1/s1. The molecule has 202 valence electrons. The summed E-state index contributed by atoms with van der Waals surface area (Å²) >= 11 is 0. The molecule has 39 heavy (non-hydrogen) atoms. The molecule has 2 aliphatic rings. The molecule has 3 aromatic heterocycles. The monoisotopic (exact) mass is 535 g/mol. The van der Waals surface area contributed by atoms with Gasteiger partial charge in [-0.3, -0.25) is 14.5 Å². The lowest BCUT2D eigenvalue weighted by Gasteiger charge is -2.42. The van der Waals surface area contributed by atoms with Crippen LogP contribution in [0.4, 0.5) is 13.6 Å². The highest BCUT2D eigenvalue weighted by molar-refractivity contribution is 5.70. The van der Waals surface area contributed by atoms with Gasteiger partial charge in [-0.1, -0.05) is 18.2 Å². The quantitative estimate of drug-likeness (QED) is 0.340. The molecule has 0 saturated carbocycles. The number of piperidine rings is 1. The molecular weight excluding hydrogens is 508 g/mol. The van der Waals surface area contributed by atoms with Crippen LogP contribution in [0.3, 0.4) is 0 Å². The molecule has 4 aromatic rings. The van der Waals surface area contributed by atoms with Crippen molar-refractivity contribution in [2.45, 2.75) is 55.7 Å². The molecule has 1 saturated heterocycles. The van der Waals surface area contributed by atoms with E-state index in [1.807, 2.05) is 0 Å². The van der Waals surface area contributed by atoms with Crippen LogP contribution in [0.1, 0.15) is 54.5 Å². The van der Waals surface area contributed by atoms with Gasteiger partial charge < -0.3 is 15.1 Å². The van der Waals surface area contributed by atoms with Gasteiger partial charge in [0.2, 0.25) is 0 Å². The molecular formula is C28H27F2N5O4. The smallest absolute Gasteiger partial charge is 0.407 e. The number of carbonyl (C=O) groups is 1. The fraction of sp³-hybridized carbons (Fsp3) is 0.357. The van der Waals surface area contributed by atoms with Gasteiger partial charge in [0.15, 0.2) is 17.3 Å². The molecule has 0 bridgehead atoms. The first-order chi connectivity index (χ1) is 18.8. The van der Waals surface area contributed by atoms with E-state index in [4.69, 9.17) is 0 Å². The van der Waals surface area contributed by atoms with Crippen LogP contribution in [0.25, 0.3) is 11.2 Å². The molecule has 1 amide bonds. The van der Waals surface area contributed by atoms with Crippen LogP contribution in [0.15, 0.2) is 59.7 Å². The zero-order valence-electron chi connectivity index (χ0n) is 20.9. The van der Waals surface area contributed by atoms with E-state index in [0.717, 1.165) is 6.07 Å². The highest BCUT2D eigenvalue weighted by Gasteiger charge is 2.44. The molecule has 0 radical (unpaired) electrons. The second-order valence-corrected chi connectivity index (χ2v) is 10.4. The number of likely N-dealkylation sites (tertiary alicyclic amines) is 1. The number of nitrogens with zero attached hydrogens (tertiary/aromatic N) is 4. The molecule has 4 atom stereocenters. The van der Waals surface area contributed by atoms with Crippen molar-refractivity contribution in [1.29, 1.82) is 0 Å². The summed E-state index contributed by atoms with van der Waals surface area (Å²) in [6, 6.07) is 9.92. The van der Waals surface area contributed by atoms with Gasteiger partial charge in [-0.15, -0.1) is 0 Å². The van der Waals surface area contributed by atoms with Crippen LogP contribution < -0.4 is 5.69 Å². The van der Waals surface area contributed by atoms with Crippen molar-refractivity contribution in [1.82, 2.24) is 24.4 Å². The number of amides is 1. The summed E-state index contributed by atoms with van der Waals surface area (Å²) in [7, 11) is 0. The average Bonchev–Trinajstić information content (AvgIpc) is 3.17. The number of hydrogen-bond donors (Lipinski definition) is 3. The fourth-order valence-corrected chi connectivity index (χ4v) is 6.49. The van der Waals surface area contributed by atoms with E-state index in [0.29, 0.717) is 35.3 Å². The molecule has 3 N–H and O–H groups in total. The maximum Gasteiger partial charge on any atom is 0.407 e. The topological polar surface area (TPSA) is 124 Å². The Balaban J connectivity index is 1.41. The number of aromatic amines is 1. The largest absolute Gasteiger partial charge is 0.465 e. The molecule has 1 aliphatic heterocycles. The summed E-state index contributed by atoms with van der Waals surface area (Å²) in [4.78, 5) is 38.3. The summed E-state index contributed by atoms with van der Waals surface area (Å²) in [5.41, 5.74) is 0.218. The highest BCUT2D eigenvalue weighted by Crippen LogP contribution is 2.45. The van der Waals surface area contributed by atoms with Crippen molar-refractivity contribution in [2.75, 3.05) is 6.54 Å². The third kappa shape index (κ3) is 4.26. The molecule has 2 unspecified atom stereocenters. The minimum absolute atomic E-state index is 0.00381. The summed E-state index contributed by atoms with van der Waals surface area (Å²) in [6.45, 7) is 0.200. The molecule has 4 heterocycles. The summed E-state index contributed by atoms with van der Waals surface area (Å²) in [5.74, 6) is -2.58. The lowest BCUT2D eigenvalue weighted by Crippen LogP contribution is -2.49. The van der Waals surface area contributed by atoms with E-state index in [9.17, 15) is 28.6 Å². The molecule has 9 nitrogen and oxygen atoms in total. The van der Waals surface area contributed by atoms with Gasteiger partial charge in [-0.25, -0.2) is 23.4 Å². The van der Waals surface area contributed by atoms with E-state index in [1.165, 1.54) is 17.0 Å². The highest BCUT2D eigenvalue weighted by atomic mass is 19.2. The van der Waals surface area contributed by atoms with Crippen molar-refractivity contribution in [2.24, 2.45) is 0 Å². The maximum atomic E-state index is 14.9. The lowest BCUT2D eigenvalue weighted by molar-refractivity contribution is 0.0187. The van der Waals surface area contributed by atoms with E-state index in [1.54, 1.807) is 41.2 Å². The number of aromatic nitrogens is 4. The second kappa shape index (κ2) is 9.57. The summed E-state index contributed by atoms with van der Waals surface area (Å²) in [6.07, 6.45) is 3.24. The van der Waals surface area contributed by atoms with E-state index >= 15 is 0 Å². The Morgan fingerprint density at radius 1 is 1.08 bits per heavy atom. The van der Waals surface area contributed by atoms with E-state index in [-0.39, 0.29) is 43.1 Å². The number of imidazole rings is 1. The summed E-state index contributed by atoms with van der Waals surface area (Å²) < 4.78 is 30.6. The van der Waals surface area contributed by atoms with Gasteiger partial charge in [0.25, 0.3) is 0 Å². The van der Waals surface area contributed by atoms with Gasteiger partial charge in [-0.2, -0.15) is 0 Å². The SMILES string of the molecule is O=C(O)N1CCC(n2c(=O)[nH]c3ncccc32)CC1[C@H]1CC[C@@](O)(c2cccc(F)c2F)Cc2cccnc21. The minimum atomic E-state index is -1.71. The van der Waals surface area contributed by atoms with Gasteiger partial charge in [0.05, 0.1) is 11.1 Å². The first-order valence-electron chi connectivity index (χ1n) is 12.9. The number of aliphatic hydroxyl groups is 1. The zero-order chi connectivity index (χ0) is 27.3. The van der Waals surface area contributed by atoms with Crippen LogP contribution in [-0.4, -0.2) is 53.3 Å². The van der Waals surface area contributed by atoms with Crippen molar-refractivity contribution in [3.8, 4) is 0 Å². The van der Waals surface area contributed by atoms with Gasteiger partial charge in [0.1, 0.15) is 0 Å². The number of hydrogen-bond acceptors (Lipinski definition) is 5. The first kappa shape index (κ1) is 25.2. The normalized spacial score (nSPS) is 25.3. The number of fused-ring (bicyclic) bond motifs is 2. The molecule has 1 aliphatic carbocycles. The minimum Gasteiger partial charge on any atom is -0.465 e. The van der Waals surface area contributed by atoms with Crippen LogP contribution >= 0.6 is 0 Å².